The number of nitrogens with zero attached hydrogens (tertiary/aromatic N) is 1. The van der Waals surface area contributed by atoms with Crippen LogP contribution in [0.25, 0.3) is 0 Å². The summed E-state index contributed by atoms with van der Waals surface area (Å²) in [5.41, 5.74) is 0. The minimum Gasteiger partial charge on any atom is -0.480 e. The van der Waals surface area contributed by atoms with Crippen LogP contribution in [0.15, 0.2) is 0 Å². The van der Waals surface area contributed by atoms with Crippen LogP contribution in [0, 0.1) is 0 Å². The molecule has 0 radical (unpaired) electrons. The Hall–Kier alpha value is -0.570. The highest BCUT2D eigenvalue weighted by Crippen LogP contribution is 1.98. The van der Waals surface area contributed by atoms with Crippen molar-refractivity contribution in [3.05, 3.63) is 0 Å². The van der Waals surface area contributed by atoms with Crippen LogP contribution >= 0.6 is 0 Å². The van der Waals surface area contributed by atoms with Crippen LogP contribution in [0.1, 0.15) is 20.3 Å². The van der Waals surface area contributed by atoms with Crippen LogP contribution in [0.3, 0.4) is 0 Å². The Kier molecular flexibility index (Phi) is 4.03. The number of carboxylic acid groups (broad SMARTS) is 1. The first-order valence-corrected chi connectivity index (χ1v) is 3.50. The maximum atomic E-state index is 10.2. The molecule has 0 unspecified atom stereocenters. The summed E-state index contributed by atoms with van der Waals surface area (Å²) in [5, 5.41) is 8.39. The first kappa shape index (κ1) is 9.43. The van der Waals surface area contributed by atoms with Gasteiger partial charge in [0.15, 0.2) is 0 Å². The lowest BCUT2D eigenvalue weighted by Crippen LogP contribution is -2.33. The van der Waals surface area contributed by atoms with E-state index in [1.165, 1.54) is 0 Å². The van der Waals surface area contributed by atoms with E-state index >= 15 is 0 Å². The summed E-state index contributed by atoms with van der Waals surface area (Å²) < 4.78 is 0. The molecule has 0 amide bonds. The van der Waals surface area contributed by atoms with Crippen molar-refractivity contribution >= 4 is 5.97 Å². The largest absolute Gasteiger partial charge is 0.480 e. The number of likely N-dealkylation sites (N-methyl/N-ethyl adjacent to an activating group) is 1. The number of carboxylic acids is 1. The van der Waals surface area contributed by atoms with E-state index in [0.29, 0.717) is 6.04 Å². The van der Waals surface area contributed by atoms with E-state index in [1.807, 2.05) is 25.8 Å². The Labute approximate surface area is 61.6 Å². The predicted octanol–water partition coefficient (Wildman–Crippen LogP) is 0.801. The highest BCUT2D eigenvalue weighted by Gasteiger charge is 2.08. The molecule has 0 aromatic rings. The molecule has 3 heteroatoms. The molecule has 0 saturated carbocycles. The standard InChI is InChI=1S/C7H15NO2/c1-4-6(2)8(3)5-7(9)10/h6H,4-5H2,1-3H3,(H,9,10)/t6-/m1/s1. The molecule has 0 aliphatic rings. The average Bonchev–Trinajstić information content (AvgIpc) is 1.85. The Morgan fingerprint density at radius 1 is 1.70 bits per heavy atom. The lowest BCUT2D eigenvalue weighted by atomic mass is 10.2. The molecule has 0 saturated heterocycles. The highest BCUT2D eigenvalue weighted by atomic mass is 16.4. The summed E-state index contributed by atoms with van der Waals surface area (Å²) in [6.45, 7) is 4.20. The van der Waals surface area contributed by atoms with Crippen LogP contribution in [0.4, 0.5) is 0 Å². The zero-order valence-electron chi connectivity index (χ0n) is 6.79. The molecule has 10 heavy (non-hydrogen) atoms. The highest BCUT2D eigenvalue weighted by molar-refractivity contribution is 5.69. The summed E-state index contributed by atoms with van der Waals surface area (Å²) >= 11 is 0. The fourth-order valence-corrected chi connectivity index (χ4v) is 0.681. The van der Waals surface area contributed by atoms with Gasteiger partial charge in [-0.1, -0.05) is 6.92 Å². The summed E-state index contributed by atoms with van der Waals surface area (Å²) in [5.74, 6) is -0.761. The minimum atomic E-state index is -0.761. The average molecular weight is 145 g/mol. The number of hydrogen-bond donors (Lipinski definition) is 1. The van der Waals surface area contributed by atoms with Crippen molar-refractivity contribution in [2.75, 3.05) is 13.6 Å². The lowest BCUT2D eigenvalue weighted by Gasteiger charge is -2.20. The lowest BCUT2D eigenvalue weighted by molar-refractivity contribution is -0.138. The van der Waals surface area contributed by atoms with Gasteiger partial charge < -0.3 is 5.11 Å². The van der Waals surface area contributed by atoms with Gasteiger partial charge in [0.25, 0.3) is 0 Å². The molecule has 1 N–H and O–H groups in total. The first-order valence-electron chi connectivity index (χ1n) is 3.50. The van der Waals surface area contributed by atoms with Crippen molar-refractivity contribution < 1.29 is 9.90 Å². The van der Waals surface area contributed by atoms with Gasteiger partial charge >= 0.3 is 5.97 Å². The normalized spacial score (nSPS) is 13.6. The van der Waals surface area contributed by atoms with Crippen molar-refractivity contribution in [1.29, 1.82) is 0 Å². The second kappa shape index (κ2) is 4.28. The third-order valence-corrected chi connectivity index (χ3v) is 1.73. The smallest absolute Gasteiger partial charge is 0.317 e. The Morgan fingerprint density at radius 3 is 2.50 bits per heavy atom. The fraction of sp³-hybridized carbons (Fsp3) is 0.857. The molecule has 0 bridgehead atoms. The summed E-state index contributed by atoms with van der Waals surface area (Å²) in [6.07, 6.45) is 0.990. The van der Waals surface area contributed by atoms with Crippen LogP contribution < -0.4 is 0 Å². The zero-order chi connectivity index (χ0) is 8.15. The van der Waals surface area contributed by atoms with Gasteiger partial charge in [-0.25, -0.2) is 0 Å². The molecule has 0 aliphatic carbocycles. The van der Waals surface area contributed by atoms with Gasteiger partial charge in [-0.3, -0.25) is 9.69 Å². The summed E-state index contributed by atoms with van der Waals surface area (Å²) in [4.78, 5) is 12.0. The van der Waals surface area contributed by atoms with Crippen molar-refractivity contribution in [2.45, 2.75) is 26.3 Å². The van der Waals surface area contributed by atoms with Gasteiger partial charge in [-0.2, -0.15) is 0 Å². The summed E-state index contributed by atoms with van der Waals surface area (Å²) in [7, 11) is 1.82. The number of aliphatic carboxylic acids is 1. The third kappa shape index (κ3) is 3.45. The molecule has 0 rings (SSSR count). The van der Waals surface area contributed by atoms with E-state index in [1.54, 1.807) is 0 Å². The molecule has 0 aliphatic heterocycles. The van der Waals surface area contributed by atoms with E-state index in [2.05, 4.69) is 0 Å². The topological polar surface area (TPSA) is 40.5 Å². The number of carbonyl (C=O) groups is 1. The number of rotatable bonds is 4. The molecule has 1 atom stereocenters. The minimum absolute atomic E-state index is 0.134. The first-order chi connectivity index (χ1) is 4.57. The quantitative estimate of drug-likeness (QED) is 0.636. The van der Waals surface area contributed by atoms with Crippen LogP contribution in [0.2, 0.25) is 0 Å². The van der Waals surface area contributed by atoms with Crippen molar-refractivity contribution in [2.24, 2.45) is 0 Å². The van der Waals surface area contributed by atoms with E-state index < -0.39 is 5.97 Å². The maximum Gasteiger partial charge on any atom is 0.317 e. The van der Waals surface area contributed by atoms with Gasteiger partial charge in [-0.15, -0.1) is 0 Å². The van der Waals surface area contributed by atoms with Crippen LogP contribution in [-0.2, 0) is 4.79 Å². The molecule has 0 aromatic heterocycles. The predicted molar refractivity (Wildman–Crippen MR) is 40.0 cm³/mol. The molecule has 60 valence electrons. The molecular weight excluding hydrogens is 130 g/mol. The second-order valence-electron chi connectivity index (χ2n) is 2.57. The summed E-state index contributed by atoms with van der Waals surface area (Å²) in [6, 6.07) is 0.357. The Bertz CT molecular complexity index is 114. The molecule has 3 nitrogen and oxygen atoms in total. The molecule has 0 fully saturated rings. The molecule has 0 spiro atoms. The molecular formula is C7H15NO2. The van der Waals surface area contributed by atoms with E-state index in [-0.39, 0.29) is 6.54 Å². The Morgan fingerprint density at radius 2 is 2.20 bits per heavy atom. The van der Waals surface area contributed by atoms with Crippen LogP contribution in [0.5, 0.6) is 0 Å². The number of hydrogen-bond acceptors (Lipinski definition) is 2. The Balaban J connectivity index is 3.61. The van der Waals surface area contributed by atoms with Gasteiger partial charge in [0.1, 0.15) is 0 Å². The van der Waals surface area contributed by atoms with Crippen molar-refractivity contribution in [3.8, 4) is 0 Å². The van der Waals surface area contributed by atoms with Crippen molar-refractivity contribution in [1.82, 2.24) is 4.90 Å². The van der Waals surface area contributed by atoms with E-state index in [4.69, 9.17) is 5.11 Å². The molecule has 0 aromatic carbocycles. The van der Waals surface area contributed by atoms with E-state index in [9.17, 15) is 4.79 Å². The zero-order valence-corrected chi connectivity index (χ0v) is 6.79. The van der Waals surface area contributed by atoms with Crippen molar-refractivity contribution in [3.63, 3.8) is 0 Å². The monoisotopic (exact) mass is 145 g/mol. The maximum absolute atomic E-state index is 10.2. The SMILES string of the molecule is CC[C@@H](C)N(C)CC(=O)O. The molecule has 0 heterocycles. The fourth-order valence-electron chi connectivity index (χ4n) is 0.681. The van der Waals surface area contributed by atoms with Gasteiger partial charge in [-0.05, 0) is 20.4 Å². The van der Waals surface area contributed by atoms with E-state index in [0.717, 1.165) is 6.42 Å². The van der Waals surface area contributed by atoms with Gasteiger partial charge in [0.2, 0.25) is 0 Å². The second-order valence-corrected chi connectivity index (χ2v) is 2.57. The van der Waals surface area contributed by atoms with Gasteiger partial charge in [0, 0.05) is 6.04 Å². The van der Waals surface area contributed by atoms with Crippen LogP contribution in [-0.4, -0.2) is 35.6 Å². The third-order valence-electron chi connectivity index (χ3n) is 1.73. The van der Waals surface area contributed by atoms with Gasteiger partial charge in [0.05, 0.1) is 6.54 Å².